The van der Waals surface area contributed by atoms with E-state index in [1.807, 2.05) is 6.07 Å². The Balaban J connectivity index is 2.39. The number of hydrogen-bond donors (Lipinski definition) is 0. The summed E-state index contributed by atoms with van der Waals surface area (Å²) in [6, 6.07) is 11.9. The second-order valence-electron chi connectivity index (χ2n) is 4.05. The van der Waals surface area contributed by atoms with Crippen LogP contribution in [0.5, 0.6) is 5.75 Å². The fourth-order valence-corrected chi connectivity index (χ4v) is 2.02. The number of carbonyl (C=O) groups excluding carboxylic acids is 1. The lowest BCUT2D eigenvalue weighted by Gasteiger charge is -2.11. The maximum absolute atomic E-state index is 12.2. The van der Waals surface area contributed by atoms with Crippen molar-refractivity contribution in [2.45, 2.75) is 6.43 Å². The Morgan fingerprint density at radius 2 is 1.95 bits per heavy atom. The second kappa shape index (κ2) is 6.48. The van der Waals surface area contributed by atoms with E-state index in [1.54, 1.807) is 24.3 Å². The molecule has 0 aliphatic heterocycles. The van der Waals surface area contributed by atoms with E-state index in [9.17, 15) is 13.6 Å². The normalized spacial score (nSPS) is 10.6. The van der Waals surface area contributed by atoms with Crippen molar-refractivity contribution in [2.75, 3.05) is 6.61 Å². The molecule has 2 rings (SSSR count). The highest BCUT2D eigenvalue weighted by atomic mass is 35.5. The first kappa shape index (κ1) is 14.5. The van der Waals surface area contributed by atoms with Gasteiger partial charge in [0.05, 0.1) is 5.56 Å². The van der Waals surface area contributed by atoms with Gasteiger partial charge in [-0.25, -0.2) is 8.78 Å². The van der Waals surface area contributed by atoms with E-state index in [0.29, 0.717) is 16.9 Å². The van der Waals surface area contributed by atoms with Gasteiger partial charge in [-0.3, -0.25) is 4.79 Å². The average molecular weight is 297 g/mol. The van der Waals surface area contributed by atoms with Crippen LogP contribution in [0.4, 0.5) is 8.78 Å². The van der Waals surface area contributed by atoms with Gasteiger partial charge >= 0.3 is 0 Å². The number of carbonyl (C=O) groups is 1. The first-order valence-corrected chi connectivity index (χ1v) is 6.24. The zero-order chi connectivity index (χ0) is 14.5. The maximum Gasteiger partial charge on any atom is 0.272 e. The zero-order valence-electron chi connectivity index (χ0n) is 10.4. The largest absolute Gasteiger partial charge is 0.487 e. The first-order chi connectivity index (χ1) is 9.61. The Labute approximate surface area is 119 Å². The molecule has 0 aromatic heterocycles. The molecule has 0 fully saturated rings. The third-order valence-electron chi connectivity index (χ3n) is 2.69. The summed E-state index contributed by atoms with van der Waals surface area (Å²) in [6.07, 6.45) is -2.03. The van der Waals surface area contributed by atoms with Crippen LogP contribution in [0, 0.1) is 0 Å². The Bertz CT molecular complexity index is 615. The van der Waals surface area contributed by atoms with E-state index >= 15 is 0 Å². The molecule has 2 aromatic carbocycles. The van der Waals surface area contributed by atoms with E-state index in [2.05, 4.69) is 0 Å². The predicted octanol–water partition coefficient (Wildman–Crippen LogP) is 4.46. The monoisotopic (exact) mass is 296 g/mol. The van der Waals surface area contributed by atoms with E-state index in [0.717, 1.165) is 5.56 Å². The van der Waals surface area contributed by atoms with Crippen molar-refractivity contribution < 1.29 is 18.3 Å². The number of hydrogen-bond acceptors (Lipinski definition) is 2. The minimum atomic E-state index is -2.60. The van der Waals surface area contributed by atoms with Gasteiger partial charge in [-0.2, -0.15) is 0 Å². The van der Waals surface area contributed by atoms with E-state index < -0.39 is 13.0 Å². The molecule has 0 bridgehead atoms. The SMILES string of the molecule is O=Cc1ccc(-c2ccccc2Cl)cc1OCC(F)F. The smallest absolute Gasteiger partial charge is 0.272 e. The molecule has 2 aromatic rings. The van der Waals surface area contributed by atoms with Gasteiger partial charge in [0.15, 0.2) is 6.29 Å². The maximum atomic E-state index is 12.2. The Kier molecular flexibility index (Phi) is 4.69. The van der Waals surface area contributed by atoms with Crippen LogP contribution in [0.2, 0.25) is 5.02 Å². The fraction of sp³-hybridized carbons (Fsp3) is 0.133. The molecule has 0 unspecified atom stereocenters. The Morgan fingerprint density at radius 1 is 1.20 bits per heavy atom. The van der Waals surface area contributed by atoms with Crippen LogP contribution in [0.1, 0.15) is 10.4 Å². The summed E-state index contributed by atoms with van der Waals surface area (Å²) in [7, 11) is 0. The highest BCUT2D eigenvalue weighted by Gasteiger charge is 2.10. The molecule has 20 heavy (non-hydrogen) atoms. The van der Waals surface area contributed by atoms with Gasteiger partial charge in [-0.05, 0) is 23.8 Å². The number of ether oxygens (including phenoxy) is 1. The molecule has 0 aliphatic rings. The van der Waals surface area contributed by atoms with E-state index in [1.165, 1.54) is 12.1 Å². The van der Waals surface area contributed by atoms with Crippen molar-refractivity contribution in [2.24, 2.45) is 0 Å². The molecule has 104 valence electrons. The molecule has 0 heterocycles. The molecule has 0 N–H and O–H groups in total. The summed E-state index contributed by atoms with van der Waals surface area (Å²) in [6.45, 7) is -0.757. The van der Waals surface area contributed by atoms with Crippen molar-refractivity contribution >= 4 is 17.9 Å². The molecule has 0 atom stereocenters. The molecule has 0 amide bonds. The minimum absolute atomic E-state index is 0.123. The lowest BCUT2D eigenvalue weighted by molar-refractivity contribution is 0.0809. The van der Waals surface area contributed by atoms with Crippen LogP contribution in [-0.2, 0) is 0 Å². The summed E-state index contributed by atoms with van der Waals surface area (Å²) >= 11 is 6.08. The van der Waals surface area contributed by atoms with Gasteiger partial charge in [-0.1, -0.05) is 35.9 Å². The fourth-order valence-electron chi connectivity index (χ4n) is 1.77. The van der Waals surface area contributed by atoms with Gasteiger partial charge in [0.1, 0.15) is 12.4 Å². The molecule has 2 nitrogen and oxygen atoms in total. The molecular formula is C15H11ClF2O2. The lowest BCUT2D eigenvalue weighted by atomic mass is 10.0. The van der Waals surface area contributed by atoms with Crippen LogP contribution in [-0.4, -0.2) is 19.3 Å². The Hall–Kier alpha value is -1.94. The van der Waals surface area contributed by atoms with E-state index in [-0.39, 0.29) is 11.3 Å². The van der Waals surface area contributed by atoms with Crippen LogP contribution in [0.25, 0.3) is 11.1 Å². The zero-order valence-corrected chi connectivity index (χ0v) is 11.1. The minimum Gasteiger partial charge on any atom is -0.487 e. The summed E-state index contributed by atoms with van der Waals surface area (Å²) < 4.78 is 29.4. The average Bonchev–Trinajstić information content (AvgIpc) is 2.45. The summed E-state index contributed by atoms with van der Waals surface area (Å²) in [5, 5.41) is 0.533. The lowest BCUT2D eigenvalue weighted by Crippen LogP contribution is -2.08. The summed E-state index contributed by atoms with van der Waals surface area (Å²) in [4.78, 5) is 10.9. The van der Waals surface area contributed by atoms with Crippen molar-refractivity contribution in [3.8, 4) is 16.9 Å². The molecule has 0 saturated carbocycles. The number of halogens is 3. The first-order valence-electron chi connectivity index (χ1n) is 5.87. The second-order valence-corrected chi connectivity index (χ2v) is 4.46. The van der Waals surface area contributed by atoms with Crippen LogP contribution in [0.3, 0.4) is 0 Å². The standard InChI is InChI=1S/C15H11ClF2O2/c16-13-4-2-1-3-12(13)10-5-6-11(8-19)14(7-10)20-9-15(17)18/h1-8,15H,9H2. The van der Waals surface area contributed by atoms with Gasteiger partial charge in [0.2, 0.25) is 0 Å². The summed E-state index contributed by atoms with van der Waals surface area (Å²) in [5.74, 6) is 0.123. The van der Waals surface area contributed by atoms with Crippen LogP contribution in [0.15, 0.2) is 42.5 Å². The molecule has 0 spiro atoms. The summed E-state index contributed by atoms with van der Waals surface area (Å²) in [5.41, 5.74) is 1.67. The molecule has 5 heteroatoms. The third kappa shape index (κ3) is 3.33. The van der Waals surface area contributed by atoms with Crippen molar-refractivity contribution in [1.82, 2.24) is 0 Å². The number of aldehydes is 1. The quantitative estimate of drug-likeness (QED) is 0.761. The van der Waals surface area contributed by atoms with Crippen molar-refractivity contribution in [1.29, 1.82) is 0 Å². The van der Waals surface area contributed by atoms with E-state index in [4.69, 9.17) is 16.3 Å². The van der Waals surface area contributed by atoms with Crippen LogP contribution >= 0.6 is 11.6 Å². The van der Waals surface area contributed by atoms with Gasteiger partial charge in [0.25, 0.3) is 6.43 Å². The van der Waals surface area contributed by atoms with Gasteiger partial charge in [-0.15, -0.1) is 0 Å². The molecule has 0 radical (unpaired) electrons. The number of rotatable bonds is 5. The van der Waals surface area contributed by atoms with Crippen LogP contribution < -0.4 is 4.74 Å². The highest BCUT2D eigenvalue weighted by Crippen LogP contribution is 2.31. The third-order valence-corrected chi connectivity index (χ3v) is 3.02. The molecular weight excluding hydrogens is 286 g/mol. The topological polar surface area (TPSA) is 26.3 Å². The predicted molar refractivity (Wildman–Crippen MR) is 73.8 cm³/mol. The number of alkyl halides is 2. The molecule has 0 aliphatic carbocycles. The molecule has 0 saturated heterocycles. The van der Waals surface area contributed by atoms with Gasteiger partial charge in [0, 0.05) is 10.6 Å². The highest BCUT2D eigenvalue weighted by molar-refractivity contribution is 6.33. The van der Waals surface area contributed by atoms with Crippen molar-refractivity contribution in [3.63, 3.8) is 0 Å². The number of benzene rings is 2. The Morgan fingerprint density at radius 3 is 2.60 bits per heavy atom. The van der Waals surface area contributed by atoms with Gasteiger partial charge < -0.3 is 4.74 Å². The van der Waals surface area contributed by atoms with Crippen molar-refractivity contribution in [3.05, 3.63) is 53.1 Å².